The molecule has 5 heteroatoms. The minimum atomic E-state index is -0.446. The van der Waals surface area contributed by atoms with E-state index >= 15 is 0 Å². The first-order valence-electron chi connectivity index (χ1n) is 6.99. The highest BCUT2D eigenvalue weighted by molar-refractivity contribution is 6.01. The van der Waals surface area contributed by atoms with Crippen LogP contribution in [0.5, 0.6) is 0 Å². The van der Waals surface area contributed by atoms with Gasteiger partial charge >= 0.3 is 5.97 Å². The Balaban J connectivity index is 2.90. The van der Waals surface area contributed by atoms with Crippen molar-refractivity contribution >= 4 is 17.4 Å². The van der Waals surface area contributed by atoms with E-state index in [9.17, 15) is 9.59 Å². The van der Waals surface area contributed by atoms with Gasteiger partial charge in [0.2, 0.25) is 0 Å². The van der Waals surface area contributed by atoms with Crippen molar-refractivity contribution in [3.63, 3.8) is 0 Å². The molecule has 0 aromatic heterocycles. The summed E-state index contributed by atoms with van der Waals surface area (Å²) in [6, 6.07) is 5.10. The number of benzene rings is 1. The number of hydrogen-bond donors (Lipinski definition) is 2. The van der Waals surface area contributed by atoms with Crippen molar-refractivity contribution in [2.24, 2.45) is 0 Å². The second-order valence-corrected chi connectivity index (χ2v) is 4.44. The van der Waals surface area contributed by atoms with Crippen LogP contribution in [0, 0.1) is 0 Å². The number of esters is 1. The largest absolute Gasteiger partial charge is 0.463 e. The normalized spacial score (nSPS) is 10.6. The zero-order valence-electron chi connectivity index (χ0n) is 12.4. The summed E-state index contributed by atoms with van der Waals surface area (Å²) in [5.41, 5.74) is 1.79. The molecule has 0 aliphatic carbocycles. The molecule has 1 rings (SSSR count). The Morgan fingerprint density at radius 2 is 2.10 bits per heavy atom. The Labute approximate surface area is 124 Å². The number of carbonyl (C=O) groups is 2. The van der Waals surface area contributed by atoms with Crippen molar-refractivity contribution in [1.29, 1.82) is 0 Å². The van der Waals surface area contributed by atoms with Gasteiger partial charge in [-0.25, -0.2) is 4.79 Å². The molecule has 0 saturated heterocycles. The molecule has 0 fully saturated rings. The highest BCUT2D eigenvalue weighted by atomic mass is 16.5. The van der Waals surface area contributed by atoms with Gasteiger partial charge in [0, 0.05) is 29.9 Å². The van der Waals surface area contributed by atoms with Gasteiger partial charge in [-0.3, -0.25) is 4.79 Å². The maximum absolute atomic E-state index is 12.1. The summed E-state index contributed by atoms with van der Waals surface area (Å²) in [7, 11) is 0. The van der Waals surface area contributed by atoms with Crippen LogP contribution in [-0.2, 0) is 16.1 Å². The highest BCUT2D eigenvalue weighted by Gasteiger charge is 2.11. The van der Waals surface area contributed by atoms with E-state index in [0.29, 0.717) is 29.8 Å². The zero-order chi connectivity index (χ0) is 15.7. The van der Waals surface area contributed by atoms with E-state index in [2.05, 4.69) is 5.32 Å². The van der Waals surface area contributed by atoms with Gasteiger partial charge in [0.05, 0.1) is 13.2 Å². The molecule has 0 bridgehead atoms. The summed E-state index contributed by atoms with van der Waals surface area (Å²) in [5.74, 6) is -0.446. The summed E-state index contributed by atoms with van der Waals surface area (Å²) < 4.78 is 4.77. The van der Waals surface area contributed by atoms with Crippen LogP contribution in [0.1, 0.15) is 42.6 Å². The Hall–Kier alpha value is -2.14. The lowest BCUT2D eigenvalue weighted by molar-refractivity contribution is -0.137. The first kappa shape index (κ1) is 16.9. The van der Waals surface area contributed by atoms with Crippen LogP contribution >= 0.6 is 0 Å². The monoisotopic (exact) mass is 291 g/mol. The number of nitrogens with one attached hydrogen (secondary N) is 1. The summed E-state index contributed by atoms with van der Waals surface area (Å²) >= 11 is 0. The van der Waals surface area contributed by atoms with E-state index in [1.807, 2.05) is 6.92 Å². The fourth-order valence-corrected chi connectivity index (χ4v) is 1.80. The van der Waals surface area contributed by atoms with E-state index in [0.717, 1.165) is 6.42 Å². The van der Waals surface area contributed by atoms with Crippen molar-refractivity contribution in [2.75, 3.05) is 11.9 Å². The van der Waals surface area contributed by atoms with Gasteiger partial charge in [-0.05, 0) is 31.0 Å². The molecule has 0 saturated carbocycles. The fraction of sp³-hybridized carbons (Fsp3) is 0.375. The third-order valence-electron chi connectivity index (χ3n) is 2.79. The Bertz CT molecular complexity index is 523. The van der Waals surface area contributed by atoms with Crippen LogP contribution in [0.3, 0.4) is 0 Å². The van der Waals surface area contributed by atoms with Crippen LogP contribution in [0.4, 0.5) is 5.69 Å². The van der Waals surface area contributed by atoms with Gasteiger partial charge in [0.15, 0.2) is 5.78 Å². The van der Waals surface area contributed by atoms with Gasteiger partial charge in [-0.15, -0.1) is 0 Å². The second kappa shape index (κ2) is 8.92. The third kappa shape index (κ3) is 5.39. The van der Waals surface area contributed by atoms with Crippen LogP contribution in [0.15, 0.2) is 30.5 Å². The Morgan fingerprint density at radius 1 is 1.33 bits per heavy atom. The molecule has 114 valence electrons. The lowest BCUT2D eigenvalue weighted by Gasteiger charge is -2.10. The molecule has 0 atom stereocenters. The number of aliphatic hydroxyl groups is 1. The molecule has 0 radical (unpaired) electrons. The Morgan fingerprint density at radius 3 is 2.71 bits per heavy atom. The number of aliphatic hydroxyl groups excluding tert-OH is 1. The van der Waals surface area contributed by atoms with E-state index in [1.165, 1.54) is 12.3 Å². The summed E-state index contributed by atoms with van der Waals surface area (Å²) in [4.78, 5) is 23.3. The number of carbonyl (C=O) groups excluding carboxylic acids is 2. The molecule has 0 aliphatic rings. The standard InChI is InChI=1S/C16H21NO4/c1-3-5-15(19)13-10-12(11-18)6-7-14(13)17-9-8-16(20)21-4-2/h6-10,17-18H,3-5,11H2,1-2H3/b9-8+. The first-order chi connectivity index (χ1) is 10.1. The van der Waals surface area contributed by atoms with Crippen molar-refractivity contribution in [2.45, 2.75) is 33.3 Å². The highest BCUT2D eigenvalue weighted by Crippen LogP contribution is 2.20. The third-order valence-corrected chi connectivity index (χ3v) is 2.79. The SMILES string of the molecule is CCCC(=O)c1cc(CO)ccc1N/C=C/C(=O)OCC. The van der Waals surface area contributed by atoms with Crippen LogP contribution in [-0.4, -0.2) is 23.5 Å². The number of rotatable bonds is 8. The number of ether oxygens (including phenoxy) is 1. The molecule has 0 spiro atoms. The molecule has 0 amide bonds. The maximum atomic E-state index is 12.1. The number of ketones is 1. The van der Waals surface area contributed by atoms with E-state index in [-0.39, 0.29) is 12.4 Å². The molecule has 21 heavy (non-hydrogen) atoms. The lowest BCUT2D eigenvalue weighted by atomic mass is 10.0. The van der Waals surface area contributed by atoms with Crippen LogP contribution < -0.4 is 5.32 Å². The summed E-state index contributed by atoms with van der Waals surface area (Å²) in [6.07, 6.45) is 3.89. The van der Waals surface area contributed by atoms with Crippen molar-refractivity contribution < 1.29 is 19.4 Å². The molecular formula is C16H21NO4. The second-order valence-electron chi connectivity index (χ2n) is 4.44. The molecule has 1 aromatic rings. The topological polar surface area (TPSA) is 75.6 Å². The first-order valence-corrected chi connectivity index (χ1v) is 6.99. The van der Waals surface area contributed by atoms with Crippen LogP contribution in [0.2, 0.25) is 0 Å². The molecule has 1 aromatic carbocycles. The van der Waals surface area contributed by atoms with E-state index < -0.39 is 5.97 Å². The van der Waals surface area contributed by atoms with Gasteiger partial charge < -0.3 is 15.2 Å². The average Bonchev–Trinajstić information content (AvgIpc) is 2.48. The Kier molecular flexibility index (Phi) is 7.18. The van der Waals surface area contributed by atoms with Gasteiger partial charge in [-0.2, -0.15) is 0 Å². The van der Waals surface area contributed by atoms with Gasteiger partial charge in [0.1, 0.15) is 0 Å². The van der Waals surface area contributed by atoms with Gasteiger partial charge in [-0.1, -0.05) is 13.0 Å². The smallest absolute Gasteiger partial charge is 0.332 e. The fourth-order valence-electron chi connectivity index (χ4n) is 1.80. The maximum Gasteiger partial charge on any atom is 0.332 e. The molecule has 5 nitrogen and oxygen atoms in total. The molecule has 0 heterocycles. The summed E-state index contributed by atoms with van der Waals surface area (Å²) in [6.45, 7) is 3.86. The van der Waals surface area contributed by atoms with E-state index in [1.54, 1.807) is 25.1 Å². The van der Waals surface area contributed by atoms with Gasteiger partial charge in [0.25, 0.3) is 0 Å². The number of Topliss-reactive ketones (excluding diaryl/α,β-unsaturated/α-hetero) is 1. The number of anilines is 1. The predicted molar refractivity (Wildman–Crippen MR) is 81.0 cm³/mol. The number of hydrogen-bond acceptors (Lipinski definition) is 5. The average molecular weight is 291 g/mol. The minimum absolute atomic E-state index is 0.000153. The minimum Gasteiger partial charge on any atom is -0.463 e. The molecule has 0 unspecified atom stereocenters. The van der Waals surface area contributed by atoms with Crippen LogP contribution in [0.25, 0.3) is 0 Å². The molecule has 0 aliphatic heterocycles. The quantitative estimate of drug-likeness (QED) is 0.437. The zero-order valence-corrected chi connectivity index (χ0v) is 12.4. The molecular weight excluding hydrogens is 270 g/mol. The summed E-state index contributed by atoms with van der Waals surface area (Å²) in [5, 5.41) is 12.1. The van der Waals surface area contributed by atoms with Crippen molar-refractivity contribution in [1.82, 2.24) is 0 Å². The predicted octanol–water partition coefficient (Wildman–Crippen LogP) is 2.65. The van der Waals surface area contributed by atoms with E-state index in [4.69, 9.17) is 9.84 Å². The van der Waals surface area contributed by atoms with Crippen molar-refractivity contribution in [3.05, 3.63) is 41.6 Å². The lowest BCUT2D eigenvalue weighted by Crippen LogP contribution is -2.05. The molecule has 2 N–H and O–H groups in total. The van der Waals surface area contributed by atoms with Crippen molar-refractivity contribution in [3.8, 4) is 0 Å².